The summed E-state index contributed by atoms with van der Waals surface area (Å²) in [6.07, 6.45) is 5.03. The summed E-state index contributed by atoms with van der Waals surface area (Å²) in [7, 11) is 0. The molecule has 0 saturated carbocycles. The van der Waals surface area contributed by atoms with Gasteiger partial charge in [0.25, 0.3) is 0 Å². The van der Waals surface area contributed by atoms with E-state index in [0.717, 1.165) is 0 Å². The van der Waals surface area contributed by atoms with Crippen LogP contribution in [-0.2, 0) is 20.3 Å². The maximum absolute atomic E-state index is 2.71. The van der Waals surface area contributed by atoms with Crippen molar-refractivity contribution in [2.24, 2.45) is 0 Å². The van der Waals surface area contributed by atoms with Crippen molar-refractivity contribution in [3.8, 4) is 0 Å². The number of benzene rings is 4. The molecule has 2 unspecified atom stereocenters. The van der Waals surface area contributed by atoms with E-state index in [-0.39, 0.29) is 24.8 Å². The van der Waals surface area contributed by atoms with E-state index in [1.807, 2.05) is 0 Å². The molecule has 0 nitrogen and oxygen atoms in total. The first-order valence-electron chi connectivity index (χ1n) is 12.1. The second-order valence-electron chi connectivity index (χ2n) is 9.79. The van der Waals surface area contributed by atoms with Gasteiger partial charge >= 0.3 is 202 Å². The molecule has 0 aromatic heterocycles. The van der Waals surface area contributed by atoms with Crippen LogP contribution in [0.5, 0.6) is 0 Å². The fourth-order valence-electron chi connectivity index (χ4n) is 6.54. The molecule has 0 radical (unpaired) electrons. The summed E-state index contributed by atoms with van der Waals surface area (Å²) in [5.74, 6) is 0. The van der Waals surface area contributed by atoms with Crippen LogP contribution in [0.4, 0.5) is 0 Å². The third kappa shape index (κ3) is 3.93. The molecule has 7 rings (SSSR count). The zero-order chi connectivity index (χ0) is 21.8. The van der Waals surface area contributed by atoms with Crippen LogP contribution in [0.1, 0.15) is 40.6 Å². The zero-order valence-corrected chi connectivity index (χ0v) is 23.3. The van der Waals surface area contributed by atoms with Crippen LogP contribution in [0.25, 0.3) is 23.3 Å². The molecule has 172 valence electrons. The van der Waals surface area contributed by atoms with Crippen molar-refractivity contribution in [3.63, 3.8) is 0 Å². The topological polar surface area (TPSA) is 0 Å². The summed E-state index contributed by atoms with van der Waals surface area (Å²) in [5, 5.41) is 0. The van der Waals surface area contributed by atoms with Gasteiger partial charge < -0.3 is 24.8 Å². The average molecular weight is 573 g/mol. The minimum absolute atomic E-state index is 0. The molecule has 35 heavy (non-hydrogen) atoms. The van der Waals surface area contributed by atoms with E-state index in [9.17, 15) is 0 Å². The minimum Gasteiger partial charge on any atom is -1.00 e. The van der Waals surface area contributed by atoms with E-state index >= 15 is 0 Å². The Morgan fingerprint density at radius 3 is 1.23 bits per heavy atom. The fraction of sp³-hybridized carbons (Fsp3) is 0.125. The smallest absolute Gasteiger partial charge is 1.00 e. The van der Waals surface area contributed by atoms with Crippen LogP contribution in [-0.4, -0.2) is 0 Å². The summed E-state index contributed by atoms with van der Waals surface area (Å²) in [4.78, 5) is 0. The summed E-state index contributed by atoms with van der Waals surface area (Å²) < 4.78 is 4.20. The van der Waals surface area contributed by atoms with Crippen molar-refractivity contribution in [1.82, 2.24) is 0 Å². The Bertz CT molecular complexity index is 1310. The Morgan fingerprint density at radius 1 is 0.457 bits per heavy atom. The second-order valence-corrected chi connectivity index (χ2v) is 21.1. The Labute approximate surface area is 225 Å². The monoisotopic (exact) mass is 570 g/mol. The van der Waals surface area contributed by atoms with E-state index in [1.165, 1.54) is 30.5 Å². The summed E-state index contributed by atoms with van der Waals surface area (Å²) >= 11 is -2.71. The van der Waals surface area contributed by atoms with Crippen molar-refractivity contribution >= 4 is 23.3 Å². The summed E-state index contributed by atoms with van der Waals surface area (Å²) in [6, 6.07) is 40.8. The third-order valence-corrected chi connectivity index (χ3v) is 20.8. The van der Waals surface area contributed by atoms with Crippen LogP contribution in [0.15, 0.2) is 109 Å². The number of halogens is 2. The zero-order valence-electron chi connectivity index (χ0n) is 19.4. The number of hydrogen-bond acceptors (Lipinski definition) is 0. The molecule has 0 amide bonds. The third-order valence-electron chi connectivity index (χ3n) is 8.05. The molecular weight excluding hydrogens is 546 g/mol. The summed E-state index contributed by atoms with van der Waals surface area (Å²) in [5.41, 5.74) is 12.1. The van der Waals surface area contributed by atoms with Gasteiger partial charge in [-0.15, -0.1) is 0 Å². The molecule has 4 aromatic rings. The van der Waals surface area contributed by atoms with Gasteiger partial charge in [0.05, 0.1) is 0 Å². The molecule has 0 bridgehead atoms. The van der Waals surface area contributed by atoms with Crippen molar-refractivity contribution < 1.29 is 45.1 Å². The van der Waals surface area contributed by atoms with Gasteiger partial charge in [-0.3, -0.25) is 0 Å². The Balaban J connectivity index is 0.00000127. The fourth-order valence-corrected chi connectivity index (χ4v) is 23.7. The first-order chi connectivity index (χ1) is 16.4. The molecule has 0 spiro atoms. The van der Waals surface area contributed by atoms with Crippen LogP contribution < -0.4 is 24.8 Å². The molecule has 1 heterocycles. The van der Waals surface area contributed by atoms with E-state index in [2.05, 4.69) is 121 Å². The first-order valence-corrected chi connectivity index (χ1v) is 18.4. The average Bonchev–Trinajstić information content (AvgIpc) is 3.41. The standard InChI is InChI=1S/2C15H11.C2H4.2ClH.Zr/c2*1-2-6-12(7-3-1)15-10-13-8-4-5-9-14(13)11-15;1-2;;;/h2*1-11H;1-2H2;2*1H;/q;;;;;+2/p-2. The predicted molar refractivity (Wildman–Crippen MR) is 137 cm³/mol. The Kier molecular flexibility index (Phi) is 6.80. The number of rotatable bonds is 4. The Hall–Kier alpha value is -2.18. The van der Waals surface area contributed by atoms with E-state index in [4.69, 9.17) is 0 Å². The van der Waals surface area contributed by atoms with Crippen LogP contribution in [0.2, 0.25) is 8.26 Å². The normalized spacial score (nSPS) is 19.5. The maximum Gasteiger partial charge on any atom is -1.00 e. The molecule has 4 aromatic carbocycles. The molecule has 0 N–H and O–H groups in total. The molecule has 3 aliphatic rings. The number of fused-ring (bicyclic) bond motifs is 2. The van der Waals surface area contributed by atoms with E-state index in [1.54, 1.807) is 22.3 Å². The summed E-state index contributed by atoms with van der Waals surface area (Å²) in [6.45, 7) is 0. The largest absolute Gasteiger partial charge is 1.00 e. The van der Waals surface area contributed by atoms with Gasteiger partial charge in [0.2, 0.25) is 0 Å². The first kappa shape index (κ1) is 24.5. The SMILES string of the molecule is C1=C(c2ccccc2)[CH]([Zr+2]2([CH]3C(c4ccccc4)=Cc4ccccc43)[CH2][CH2]2)c2ccccc21.[Cl-].[Cl-]. The van der Waals surface area contributed by atoms with Crippen LogP contribution in [0.3, 0.4) is 0 Å². The van der Waals surface area contributed by atoms with Gasteiger partial charge in [0.15, 0.2) is 0 Å². The molecule has 2 atom stereocenters. The van der Waals surface area contributed by atoms with Gasteiger partial charge in [0, 0.05) is 0 Å². The second kappa shape index (κ2) is 9.70. The van der Waals surface area contributed by atoms with E-state index in [0.29, 0.717) is 7.25 Å². The predicted octanol–water partition coefficient (Wildman–Crippen LogP) is 2.59. The van der Waals surface area contributed by atoms with Crippen molar-refractivity contribution in [1.29, 1.82) is 0 Å². The van der Waals surface area contributed by atoms with Crippen molar-refractivity contribution in [2.45, 2.75) is 15.5 Å². The minimum atomic E-state index is -2.71. The number of allylic oxidation sites excluding steroid dienone is 2. The molecule has 1 fully saturated rings. The Morgan fingerprint density at radius 2 is 0.829 bits per heavy atom. The maximum atomic E-state index is 2.51. The van der Waals surface area contributed by atoms with Gasteiger partial charge in [0.1, 0.15) is 0 Å². The number of hydrogen-bond donors (Lipinski definition) is 0. The van der Waals surface area contributed by atoms with Crippen molar-refractivity contribution in [3.05, 3.63) is 143 Å². The molecule has 3 heteroatoms. The van der Waals surface area contributed by atoms with Gasteiger partial charge in [-0.05, 0) is 0 Å². The van der Waals surface area contributed by atoms with Crippen LogP contribution >= 0.6 is 0 Å². The molecule has 2 aliphatic carbocycles. The van der Waals surface area contributed by atoms with Gasteiger partial charge in [-0.2, -0.15) is 0 Å². The quantitative estimate of drug-likeness (QED) is 0.353. The van der Waals surface area contributed by atoms with Crippen molar-refractivity contribution in [2.75, 3.05) is 0 Å². The molecule has 1 aliphatic heterocycles. The van der Waals surface area contributed by atoms with Gasteiger partial charge in [-0.25, -0.2) is 0 Å². The van der Waals surface area contributed by atoms with E-state index < -0.39 is 20.3 Å². The van der Waals surface area contributed by atoms with Gasteiger partial charge in [-0.1, -0.05) is 0 Å². The molecule has 1 saturated heterocycles. The van der Waals surface area contributed by atoms with Crippen LogP contribution in [0, 0.1) is 0 Å². The molecular formula is C32H26Cl2Zr.